The third kappa shape index (κ3) is 9.32. The van der Waals surface area contributed by atoms with Crippen molar-refractivity contribution in [2.24, 2.45) is 5.92 Å². The molecule has 0 aromatic heterocycles. The van der Waals surface area contributed by atoms with Gasteiger partial charge in [-0.3, -0.25) is 0 Å². The molecule has 0 unspecified atom stereocenters. The number of rotatable bonds is 11. The first-order chi connectivity index (χ1) is 17.9. The first-order valence-electron chi connectivity index (χ1n) is 13.4. The molecule has 3 N–H and O–H groups in total. The van der Waals surface area contributed by atoms with Crippen LogP contribution in [0.1, 0.15) is 63.5 Å². The average Bonchev–Trinajstić information content (AvgIpc) is 2.92. The van der Waals surface area contributed by atoms with E-state index in [1.54, 1.807) is 11.0 Å². The van der Waals surface area contributed by atoms with Crippen LogP contribution in [-0.2, 0) is 14.2 Å². The van der Waals surface area contributed by atoms with Gasteiger partial charge in [0.15, 0.2) is 0 Å². The molecule has 2 fully saturated rings. The number of aliphatic hydroxyl groups excluding tert-OH is 1. The number of methoxy groups -OCH3 is 1. The lowest BCUT2D eigenvalue weighted by atomic mass is 9.83. The second-order valence-corrected chi connectivity index (χ2v) is 10.3. The summed E-state index contributed by atoms with van der Waals surface area (Å²) >= 11 is 6.24. The van der Waals surface area contributed by atoms with E-state index in [1.165, 1.54) is 26.4 Å². The van der Waals surface area contributed by atoms with Gasteiger partial charge in [-0.15, -0.1) is 0 Å². The number of aliphatic hydroxyl groups is 1. The van der Waals surface area contributed by atoms with Crippen molar-refractivity contribution in [1.82, 2.24) is 15.5 Å². The molecule has 9 nitrogen and oxygen atoms in total. The summed E-state index contributed by atoms with van der Waals surface area (Å²) in [5.41, 5.74) is 0.828. The number of urea groups is 1. The Hall–Kier alpha value is -2.07. The summed E-state index contributed by atoms with van der Waals surface area (Å²) in [6, 6.07) is 6.89. The van der Waals surface area contributed by atoms with Gasteiger partial charge < -0.3 is 34.9 Å². The number of nitrogens with zero attached hydrogens (tertiary/aromatic N) is 1. The molecule has 1 heterocycles. The quantitative estimate of drug-likeness (QED) is 0.362. The minimum atomic E-state index is -0.576. The van der Waals surface area contributed by atoms with E-state index in [9.17, 15) is 14.7 Å². The van der Waals surface area contributed by atoms with E-state index in [4.69, 9.17) is 21.1 Å². The van der Waals surface area contributed by atoms with Crippen molar-refractivity contribution >= 4 is 23.7 Å². The Morgan fingerprint density at radius 2 is 2.05 bits per heavy atom. The molecule has 0 radical (unpaired) electrons. The van der Waals surface area contributed by atoms with Crippen LogP contribution in [0.15, 0.2) is 24.3 Å². The van der Waals surface area contributed by atoms with E-state index in [0.29, 0.717) is 37.1 Å². The van der Waals surface area contributed by atoms with Crippen LogP contribution in [-0.4, -0.2) is 80.3 Å². The Morgan fingerprint density at radius 3 is 2.76 bits per heavy atom. The van der Waals surface area contributed by atoms with E-state index in [2.05, 4.69) is 15.4 Å². The maximum atomic E-state index is 13.3. The lowest BCUT2D eigenvalue weighted by Gasteiger charge is -2.38. The van der Waals surface area contributed by atoms with Crippen LogP contribution in [0.4, 0.5) is 9.59 Å². The topological polar surface area (TPSA) is 109 Å². The molecule has 3 rings (SSSR count). The molecular formula is C27H42ClN3O6. The lowest BCUT2D eigenvalue weighted by molar-refractivity contribution is -0.105. The van der Waals surface area contributed by atoms with Crippen LogP contribution in [0.2, 0.25) is 5.02 Å². The van der Waals surface area contributed by atoms with Gasteiger partial charge in [0.05, 0.1) is 39.0 Å². The Balaban J connectivity index is 1.65. The second kappa shape index (κ2) is 15.4. The Bertz CT molecular complexity index is 853. The molecule has 208 valence electrons. The Kier molecular flexibility index (Phi) is 12.2. The number of nitrogens with one attached hydrogen (secondary N) is 2. The van der Waals surface area contributed by atoms with Crippen LogP contribution < -0.4 is 10.6 Å². The molecule has 1 saturated heterocycles. The minimum Gasteiger partial charge on any atom is -0.453 e. The van der Waals surface area contributed by atoms with Crippen LogP contribution in [0.25, 0.3) is 0 Å². The molecule has 1 aliphatic carbocycles. The molecule has 4 atom stereocenters. The van der Waals surface area contributed by atoms with Gasteiger partial charge in [-0.2, -0.15) is 0 Å². The van der Waals surface area contributed by atoms with E-state index in [-0.39, 0.29) is 25.2 Å². The number of carbonyl (C=O) groups is 2. The second-order valence-electron chi connectivity index (χ2n) is 9.89. The van der Waals surface area contributed by atoms with Gasteiger partial charge in [0.1, 0.15) is 12.2 Å². The fourth-order valence-corrected chi connectivity index (χ4v) is 5.38. The maximum absolute atomic E-state index is 13.3. The van der Waals surface area contributed by atoms with Gasteiger partial charge in [-0.25, -0.2) is 9.59 Å². The summed E-state index contributed by atoms with van der Waals surface area (Å²) in [4.78, 5) is 26.4. The molecule has 3 amide bonds. The summed E-state index contributed by atoms with van der Waals surface area (Å²) in [6.45, 7) is 3.57. The van der Waals surface area contributed by atoms with Gasteiger partial charge in [-0.1, -0.05) is 62.8 Å². The number of alkyl carbamates (subject to hydrolysis) is 1. The number of hydrogen-bond acceptors (Lipinski definition) is 6. The molecule has 37 heavy (non-hydrogen) atoms. The monoisotopic (exact) mass is 539 g/mol. The highest BCUT2D eigenvalue weighted by molar-refractivity contribution is 6.30. The summed E-state index contributed by atoms with van der Waals surface area (Å²) in [5, 5.41) is 17.0. The number of benzene rings is 1. The van der Waals surface area contributed by atoms with E-state index >= 15 is 0 Å². The van der Waals surface area contributed by atoms with Crippen molar-refractivity contribution in [3.63, 3.8) is 0 Å². The third-order valence-electron chi connectivity index (χ3n) is 7.25. The molecule has 1 aromatic rings. The summed E-state index contributed by atoms with van der Waals surface area (Å²) in [7, 11) is 1.31. The molecule has 1 aromatic carbocycles. The highest BCUT2D eigenvalue weighted by atomic mass is 35.5. The van der Waals surface area contributed by atoms with Crippen LogP contribution in [0, 0.1) is 5.92 Å². The summed E-state index contributed by atoms with van der Waals surface area (Å²) in [6.07, 6.45) is 5.40. The van der Waals surface area contributed by atoms with Crippen LogP contribution >= 0.6 is 11.6 Å². The molecule has 1 saturated carbocycles. The zero-order chi connectivity index (χ0) is 26.6. The lowest BCUT2D eigenvalue weighted by Crippen LogP contribution is -2.55. The molecule has 2 aliphatic rings. The zero-order valence-electron chi connectivity index (χ0n) is 22.0. The number of carbonyl (C=O) groups excluding carboxylic acids is 2. The zero-order valence-corrected chi connectivity index (χ0v) is 22.8. The third-order valence-corrected chi connectivity index (χ3v) is 7.49. The van der Waals surface area contributed by atoms with Crippen molar-refractivity contribution in [2.75, 3.05) is 40.0 Å². The van der Waals surface area contributed by atoms with Crippen molar-refractivity contribution in [3.05, 3.63) is 34.9 Å². The molecule has 0 bridgehead atoms. The summed E-state index contributed by atoms with van der Waals surface area (Å²) in [5.74, 6) is 0.539. The van der Waals surface area contributed by atoms with Gasteiger partial charge in [-0.05, 0) is 36.5 Å². The number of morpholine rings is 1. The van der Waals surface area contributed by atoms with Crippen molar-refractivity contribution in [2.45, 2.75) is 76.2 Å². The van der Waals surface area contributed by atoms with E-state index in [1.807, 2.05) is 25.1 Å². The largest absolute Gasteiger partial charge is 0.453 e. The highest BCUT2D eigenvalue weighted by Gasteiger charge is 2.34. The molecular weight excluding hydrogens is 498 g/mol. The number of ether oxygens (including phenoxy) is 3. The Labute approximate surface area is 225 Å². The first kappa shape index (κ1) is 29.5. The van der Waals surface area contributed by atoms with Gasteiger partial charge in [0.2, 0.25) is 0 Å². The summed E-state index contributed by atoms with van der Waals surface area (Å²) < 4.78 is 16.8. The number of halogens is 1. The number of hydrogen-bond donors (Lipinski definition) is 3. The fraction of sp³-hybridized carbons (Fsp3) is 0.704. The molecule has 10 heteroatoms. The van der Waals surface area contributed by atoms with Crippen LogP contribution in [0.3, 0.4) is 0 Å². The SMILES string of the molecule is CC[C@@H](O)[C@H](CC1CCCCC1)NC(=O)N1CCO[C@@H]([C@@H](OCCNC(=O)OC)c2cccc(Cl)c2)C1. The number of amides is 3. The molecule has 1 aliphatic heterocycles. The Morgan fingerprint density at radius 1 is 1.27 bits per heavy atom. The van der Waals surface area contributed by atoms with Gasteiger partial charge >= 0.3 is 12.1 Å². The van der Waals surface area contributed by atoms with Crippen LogP contribution in [0.5, 0.6) is 0 Å². The van der Waals surface area contributed by atoms with Crippen molar-refractivity contribution < 1.29 is 28.9 Å². The standard InChI is InChI=1S/C27H42ClN3O6/c1-3-23(32)22(16-19-8-5-4-6-9-19)30-26(33)31-13-15-36-24(18-31)25(20-10-7-11-21(28)17-20)37-14-12-29-27(34)35-2/h7,10-11,17,19,22-25,32H,3-6,8-9,12-16,18H2,1-2H3,(H,29,34)(H,30,33)/t22-,23+,24+,25-/m0/s1. The van der Waals surface area contributed by atoms with E-state index < -0.39 is 24.4 Å². The predicted octanol–water partition coefficient (Wildman–Crippen LogP) is 4.27. The minimum absolute atomic E-state index is 0.196. The maximum Gasteiger partial charge on any atom is 0.406 e. The predicted molar refractivity (Wildman–Crippen MR) is 142 cm³/mol. The highest BCUT2D eigenvalue weighted by Crippen LogP contribution is 2.30. The fourth-order valence-electron chi connectivity index (χ4n) is 5.18. The van der Waals surface area contributed by atoms with E-state index in [0.717, 1.165) is 24.8 Å². The van der Waals surface area contributed by atoms with Crippen molar-refractivity contribution in [3.8, 4) is 0 Å². The normalized spacial score (nSPS) is 21.1. The first-order valence-corrected chi connectivity index (χ1v) is 13.8. The van der Waals surface area contributed by atoms with Gasteiger partial charge in [0.25, 0.3) is 0 Å². The van der Waals surface area contributed by atoms with Crippen molar-refractivity contribution in [1.29, 1.82) is 0 Å². The average molecular weight is 540 g/mol. The van der Waals surface area contributed by atoms with Gasteiger partial charge in [0, 0.05) is 18.1 Å². The molecule has 0 spiro atoms. The smallest absolute Gasteiger partial charge is 0.406 e.